The molecule has 1 N–H and O–H groups in total. The zero-order valence-electron chi connectivity index (χ0n) is 13.1. The molecule has 0 bridgehead atoms. The Bertz CT molecular complexity index is 487. The third-order valence-corrected chi connectivity index (χ3v) is 3.85. The number of hydrogen-bond acceptors (Lipinski definition) is 1. The van der Waals surface area contributed by atoms with Crippen molar-refractivity contribution in [2.24, 2.45) is 0 Å². The minimum absolute atomic E-state index is 0.975. The summed E-state index contributed by atoms with van der Waals surface area (Å²) in [6, 6.07) is 19.4. The third-order valence-electron chi connectivity index (χ3n) is 3.85. The molecule has 0 saturated carbocycles. The molecular weight excluding hydrogens is 254 g/mol. The Balaban J connectivity index is 1.71. The molecule has 21 heavy (non-hydrogen) atoms. The van der Waals surface area contributed by atoms with Crippen molar-refractivity contribution in [3.05, 3.63) is 60.2 Å². The van der Waals surface area contributed by atoms with E-state index in [0.29, 0.717) is 0 Å². The molecule has 112 valence electrons. The van der Waals surface area contributed by atoms with E-state index in [-0.39, 0.29) is 0 Å². The van der Waals surface area contributed by atoms with Crippen LogP contribution in [0.2, 0.25) is 0 Å². The van der Waals surface area contributed by atoms with Gasteiger partial charge in [0.05, 0.1) is 0 Å². The zero-order chi connectivity index (χ0) is 14.8. The summed E-state index contributed by atoms with van der Waals surface area (Å²) in [5.41, 5.74) is 3.94. The Morgan fingerprint density at radius 1 is 0.714 bits per heavy atom. The molecule has 0 spiro atoms. The van der Waals surface area contributed by atoms with Gasteiger partial charge in [-0.25, -0.2) is 0 Å². The van der Waals surface area contributed by atoms with Gasteiger partial charge in [-0.15, -0.1) is 0 Å². The standard InChI is InChI=1S/C20H27N/c1-2-3-4-5-9-16-21-17-18-12-14-20(15-13-18)19-10-7-6-8-11-19/h6-8,10-15,21H,2-5,9,16-17H2,1H3. The van der Waals surface area contributed by atoms with Crippen LogP contribution in [0.3, 0.4) is 0 Å². The fraction of sp³-hybridized carbons (Fsp3) is 0.400. The number of benzene rings is 2. The Morgan fingerprint density at radius 2 is 1.38 bits per heavy atom. The van der Waals surface area contributed by atoms with Gasteiger partial charge in [-0.3, -0.25) is 0 Å². The van der Waals surface area contributed by atoms with E-state index in [1.807, 2.05) is 0 Å². The van der Waals surface area contributed by atoms with Crippen LogP contribution in [-0.4, -0.2) is 6.54 Å². The Hall–Kier alpha value is -1.60. The molecule has 0 heterocycles. The summed E-state index contributed by atoms with van der Waals surface area (Å²) in [5, 5.41) is 3.54. The van der Waals surface area contributed by atoms with E-state index in [0.717, 1.165) is 13.1 Å². The summed E-state index contributed by atoms with van der Waals surface area (Å²) in [7, 11) is 0. The van der Waals surface area contributed by atoms with Crippen molar-refractivity contribution in [2.75, 3.05) is 6.54 Å². The summed E-state index contributed by atoms with van der Waals surface area (Å²) < 4.78 is 0. The van der Waals surface area contributed by atoms with E-state index < -0.39 is 0 Å². The lowest BCUT2D eigenvalue weighted by Gasteiger charge is -2.06. The number of nitrogens with one attached hydrogen (secondary N) is 1. The molecule has 0 saturated heterocycles. The number of unbranched alkanes of at least 4 members (excludes halogenated alkanes) is 4. The zero-order valence-corrected chi connectivity index (χ0v) is 13.1. The Kier molecular flexibility index (Phi) is 7.03. The van der Waals surface area contributed by atoms with Gasteiger partial charge in [0.2, 0.25) is 0 Å². The fourth-order valence-electron chi connectivity index (χ4n) is 2.53. The van der Waals surface area contributed by atoms with Crippen molar-refractivity contribution in [3.63, 3.8) is 0 Å². The molecule has 2 aromatic carbocycles. The van der Waals surface area contributed by atoms with E-state index in [4.69, 9.17) is 0 Å². The molecule has 2 rings (SSSR count). The second-order valence-electron chi connectivity index (χ2n) is 5.65. The van der Waals surface area contributed by atoms with Gasteiger partial charge in [-0.1, -0.05) is 87.2 Å². The summed E-state index contributed by atoms with van der Waals surface area (Å²) in [6.45, 7) is 4.37. The first-order chi connectivity index (χ1) is 10.4. The van der Waals surface area contributed by atoms with Crippen molar-refractivity contribution in [2.45, 2.75) is 45.6 Å². The van der Waals surface area contributed by atoms with E-state index in [1.54, 1.807) is 0 Å². The van der Waals surface area contributed by atoms with Crippen molar-refractivity contribution >= 4 is 0 Å². The SMILES string of the molecule is CCCCCCCNCc1ccc(-c2ccccc2)cc1. The molecule has 0 amide bonds. The monoisotopic (exact) mass is 281 g/mol. The van der Waals surface area contributed by atoms with Crippen LogP contribution in [0.5, 0.6) is 0 Å². The van der Waals surface area contributed by atoms with E-state index in [2.05, 4.69) is 66.8 Å². The molecule has 0 atom stereocenters. The van der Waals surface area contributed by atoms with Gasteiger partial charge in [0.15, 0.2) is 0 Å². The summed E-state index contributed by atoms with van der Waals surface area (Å²) in [6.07, 6.45) is 6.72. The Morgan fingerprint density at radius 3 is 2.10 bits per heavy atom. The first kappa shape index (κ1) is 15.8. The van der Waals surface area contributed by atoms with Crippen molar-refractivity contribution < 1.29 is 0 Å². The molecule has 2 aromatic rings. The normalized spacial score (nSPS) is 10.7. The predicted octanol–water partition coefficient (Wildman–Crippen LogP) is 5.41. The molecule has 0 fully saturated rings. The van der Waals surface area contributed by atoms with E-state index in [9.17, 15) is 0 Å². The maximum Gasteiger partial charge on any atom is 0.0205 e. The smallest absolute Gasteiger partial charge is 0.0205 e. The summed E-state index contributed by atoms with van der Waals surface area (Å²) in [4.78, 5) is 0. The molecule has 0 aromatic heterocycles. The molecule has 0 aliphatic heterocycles. The molecular formula is C20H27N. The molecule has 1 heteroatoms. The van der Waals surface area contributed by atoms with Crippen LogP contribution in [0.15, 0.2) is 54.6 Å². The second kappa shape index (κ2) is 9.36. The van der Waals surface area contributed by atoms with Crippen LogP contribution in [0.4, 0.5) is 0 Å². The third kappa shape index (κ3) is 5.73. The van der Waals surface area contributed by atoms with Crippen molar-refractivity contribution in [1.29, 1.82) is 0 Å². The highest BCUT2D eigenvalue weighted by Gasteiger charge is 1.97. The maximum atomic E-state index is 3.54. The first-order valence-electron chi connectivity index (χ1n) is 8.25. The van der Waals surface area contributed by atoms with Crippen LogP contribution < -0.4 is 5.32 Å². The Labute approximate surface area is 129 Å². The highest BCUT2D eigenvalue weighted by atomic mass is 14.8. The average Bonchev–Trinajstić information content (AvgIpc) is 2.55. The van der Waals surface area contributed by atoms with Crippen LogP contribution in [-0.2, 0) is 6.54 Å². The number of rotatable bonds is 9. The molecule has 0 aliphatic carbocycles. The summed E-state index contributed by atoms with van der Waals surface area (Å²) >= 11 is 0. The van der Waals surface area contributed by atoms with Crippen LogP contribution >= 0.6 is 0 Å². The van der Waals surface area contributed by atoms with Gasteiger partial charge in [-0.05, 0) is 29.7 Å². The van der Waals surface area contributed by atoms with E-state index in [1.165, 1.54) is 48.8 Å². The van der Waals surface area contributed by atoms with Crippen LogP contribution in [0, 0.1) is 0 Å². The van der Waals surface area contributed by atoms with Crippen molar-refractivity contribution in [1.82, 2.24) is 5.32 Å². The lowest BCUT2D eigenvalue weighted by molar-refractivity contribution is 0.583. The van der Waals surface area contributed by atoms with Gasteiger partial charge in [-0.2, -0.15) is 0 Å². The predicted molar refractivity (Wildman–Crippen MR) is 92.3 cm³/mol. The summed E-state index contributed by atoms with van der Waals surface area (Å²) in [5.74, 6) is 0. The largest absolute Gasteiger partial charge is 0.313 e. The topological polar surface area (TPSA) is 12.0 Å². The van der Waals surface area contributed by atoms with Crippen LogP contribution in [0.1, 0.15) is 44.6 Å². The maximum absolute atomic E-state index is 3.54. The van der Waals surface area contributed by atoms with Gasteiger partial charge in [0.25, 0.3) is 0 Å². The first-order valence-corrected chi connectivity index (χ1v) is 8.25. The van der Waals surface area contributed by atoms with Crippen molar-refractivity contribution in [3.8, 4) is 11.1 Å². The van der Waals surface area contributed by atoms with E-state index >= 15 is 0 Å². The average molecular weight is 281 g/mol. The molecule has 0 radical (unpaired) electrons. The van der Waals surface area contributed by atoms with Crippen LogP contribution in [0.25, 0.3) is 11.1 Å². The second-order valence-corrected chi connectivity index (χ2v) is 5.65. The lowest BCUT2D eigenvalue weighted by Crippen LogP contribution is -2.14. The van der Waals surface area contributed by atoms with Gasteiger partial charge < -0.3 is 5.32 Å². The molecule has 0 aliphatic rings. The minimum atomic E-state index is 0.975. The van der Waals surface area contributed by atoms with Gasteiger partial charge >= 0.3 is 0 Å². The highest BCUT2D eigenvalue weighted by Crippen LogP contribution is 2.19. The van der Waals surface area contributed by atoms with Gasteiger partial charge in [0, 0.05) is 6.54 Å². The highest BCUT2D eigenvalue weighted by molar-refractivity contribution is 5.63. The fourth-order valence-corrected chi connectivity index (χ4v) is 2.53. The van der Waals surface area contributed by atoms with Gasteiger partial charge in [0.1, 0.15) is 0 Å². The lowest BCUT2D eigenvalue weighted by atomic mass is 10.0. The molecule has 1 nitrogen and oxygen atoms in total. The number of hydrogen-bond donors (Lipinski definition) is 1. The minimum Gasteiger partial charge on any atom is -0.313 e. The molecule has 0 unspecified atom stereocenters. The quantitative estimate of drug-likeness (QED) is 0.606.